The van der Waals surface area contributed by atoms with E-state index in [-0.39, 0.29) is 13.2 Å². The number of ether oxygens (including phenoxy) is 1. The highest BCUT2D eigenvalue weighted by atomic mass is 19.1. The van der Waals surface area contributed by atoms with Crippen molar-refractivity contribution < 1.29 is 23.8 Å². The Morgan fingerprint density at radius 1 is 1.35 bits per heavy atom. The third-order valence-electron chi connectivity index (χ3n) is 3.38. The van der Waals surface area contributed by atoms with Crippen molar-refractivity contribution >= 4 is 22.8 Å². The van der Waals surface area contributed by atoms with Crippen LogP contribution in [-0.4, -0.2) is 53.7 Å². The normalized spacial score (nSPS) is 10.7. The van der Waals surface area contributed by atoms with Crippen LogP contribution >= 0.6 is 0 Å². The van der Waals surface area contributed by atoms with E-state index >= 15 is 0 Å². The highest BCUT2D eigenvalue weighted by Crippen LogP contribution is 2.19. The van der Waals surface area contributed by atoms with Crippen LogP contribution in [0.4, 0.5) is 4.39 Å². The van der Waals surface area contributed by atoms with Crippen molar-refractivity contribution in [1.29, 1.82) is 0 Å². The smallest absolute Gasteiger partial charge is 0.323 e. The van der Waals surface area contributed by atoms with Crippen molar-refractivity contribution in [2.75, 3.05) is 26.8 Å². The zero-order valence-electron chi connectivity index (χ0n) is 12.9. The molecule has 6 nitrogen and oxygen atoms in total. The first-order valence-electron chi connectivity index (χ1n) is 6.99. The molecule has 0 atom stereocenters. The maximum atomic E-state index is 13.2. The van der Waals surface area contributed by atoms with Crippen LogP contribution in [0, 0.1) is 12.7 Å². The number of aryl methyl sites for hydroxylation is 1. The number of aliphatic carboxylic acids is 1. The van der Waals surface area contributed by atoms with Gasteiger partial charge >= 0.3 is 5.97 Å². The predicted molar refractivity (Wildman–Crippen MR) is 81.9 cm³/mol. The molecule has 0 fully saturated rings. The molecule has 2 rings (SSSR count). The lowest BCUT2D eigenvalue weighted by Gasteiger charge is -2.21. The molecule has 0 unspecified atom stereocenters. The number of fused-ring (bicyclic) bond motifs is 1. The van der Waals surface area contributed by atoms with Crippen LogP contribution in [0.5, 0.6) is 0 Å². The lowest BCUT2D eigenvalue weighted by atomic mass is 10.1. The molecule has 2 aromatic rings. The van der Waals surface area contributed by atoms with Gasteiger partial charge in [-0.25, -0.2) is 4.39 Å². The summed E-state index contributed by atoms with van der Waals surface area (Å²) in [6, 6.07) is 5.70. The predicted octanol–water partition coefficient (Wildman–Crippen LogP) is 1.86. The van der Waals surface area contributed by atoms with E-state index in [9.17, 15) is 14.0 Å². The topological polar surface area (TPSA) is 79.7 Å². The second-order valence-electron chi connectivity index (χ2n) is 5.07. The van der Waals surface area contributed by atoms with Gasteiger partial charge in [-0.05, 0) is 25.1 Å². The highest BCUT2D eigenvalue weighted by Gasteiger charge is 2.21. The number of aromatic nitrogens is 1. The van der Waals surface area contributed by atoms with Gasteiger partial charge in [0.1, 0.15) is 12.4 Å². The number of hydrogen-bond donors (Lipinski definition) is 1. The molecule has 7 heteroatoms. The highest BCUT2D eigenvalue weighted by molar-refractivity contribution is 5.99. The van der Waals surface area contributed by atoms with Gasteiger partial charge in [0.2, 0.25) is 0 Å². The Hall–Kier alpha value is -2.54. The first-order valence-corrected chi connectivity index (χ1v) is 6.99. The number of rotatable bonds is 6. The summed E-state index contributed by atoms with van der Waals surface area (Å²) in [4.78, 5) is 29.0. The zero-order chi connectivity index (χ0) is 17.0. The average Bonchev–Trinajstić information content (AvgIpc) is 2.49. The van der Waals surface area contributed by atoms with Gasteiger partial charge in [0.05, 0.1) is 23.4 Å². The Morgan fingerprint density at radius 3 is 2.74 bits per heavy atom. The zero-order valence-corrected chi connectivity index (χ0v) is 12.9. The minimum absolute atomic E-state index is 0.155. The van der Waals surface area contributed by atoms with Crippen molar-refractivity contribution in [3.63, 3.8) is 0 Å². The molecule has 0 saturated heterocycles. The summed E-state index contributed by atoms with van der Waals surface area (Å²) in [7, 11) is 1.47. The molecule has 1 amide bonds. The second-order valence-corrected chi connectivity index (χ2v) is 5.07. The summed E-state index contributed by atoms with van der Waals surface area (Å²) >= 11 is 0. The van der Waals surface area contributed by atoms with Gasteiger partial charge in [0, 0.05) is 25.1 Å². The monoisotopic (exact) mass is 320 g/mol. The Balaban J connectivity index is 2.39. The van der Waals surface area contributed by atoms with Crippen molar-refractivity contribution in [2.45, 2.75) is 6.92 Å². The fourth-order valence-corrected chi connectivity index (χ4v) is 2.24. The van der Waals surface area contributed by atoms with Crippen LogP contribution in [0.1, 0.15) is 16.1 Å². The van der Waals surface area contributed by atoms with Crippen LogP contribution < -0.4 is 0 Å². The van der Waals surface area contributed by atoms with Crippen LogP contribution in [0.25, 0.3) is 10.9 Å². The van der Waals surface area contributed by atoms with Crippen molar-refractivity contribution in [1.82, 2.24) is 9.88 Å². The third kappa shape index (κ3) is 4.01. The van der Waals surface area contributed by atoms with Gasteiger partial charge in [0.25, 0.3) is 5.91 Å². The van der Waals surface area contributed by atoms with E-state index in [1.165, 1.54) is 30.2 Å². The summed E-state index contributed by atoms with van der Waals surface area (Å²) in [5, 5.41) is 9.57. The number of hydrogen-bond acceptors (Lipinski definition) is 4. The summed E-state index contributed by atoms with van der Waals surface area (Å²) in [5.74, 6) is -1.96. The third-order valence-corrected chi connectivity index (χ3v) is 3.38. The molecule has 23 heavy (non-hydrogen) atoms. The number of halogens is 1. The Bertz CT molecular complexity index is 748. The number of carbonyl (C=O) groups excluding carboxylic acids is 1. The molecule has 1 heterocycles. The molecule has 122 valence electrons. The molecule has 0 radical (unpaired) electrons. The molecule has 0 aliphatic rings. The Morgan fingerprint density at radius 2 is 2.09 bits per heavy atom. The summed E-state index contributed by atoms with van der Waals surface area (Å²) in [6.45, 7) is 1.59. The number of pyridine rings is 1. The molecular weight excluding hydrogens is 303 g/mol. The largest absolute Gasteiger partial charge is 0.480 e. The molecule has 1 aromatic carbocycles. The molecule has 0 aliphatic heterocycles. The van der Waals surface area contributed by atoms with Gasteiger partial charge in [-0.15, -0.1) is 0 Å². The molecule has 0 spiro atoms. The van der Waals surface area contributed by atoms with Crippen molar-refractivity contribution in [3.05, 3.63) is 41.3 Å². The van der Waals surface area contributed by atoms with E-state index in [2.05, 4.69) is 4.98 Å². The van der Waals surface area contributed by atoms with Crippen molar-refractivity contribution in [2.24, 2.45) is 0 Å². The number of carboxylic acids is 1. The van der Waals surface area contributed by atoms with Gasteiger partial charge in [-0.2, -0.15) is 0 Å². The van der Waals surface area contributed by atoms with Gasteiger partial charge in [0.15, 0.2) is 0 Å². The standard InChI is InChI=1S/C16H17FN2O4/c1-10-13(7-11-3-4-12(17)8-14(11)18-10)16(22)19(5-6-23-2)9-15(20)21/h3-4,7-8H,5-6,9H2,1-2H3,(H,20,21). The second kappa shape index (κ2) is 7.15. The number of benzene rings is 1. The summed E-state index contributed by atoms with van der Waals surface area (Å²) in [6.07, 6.45) is 0. The molecule has 0 bridgehead atoms. The molecular formula is C16H17FN2O4. The lowest BCUT2D eigenvalue weighted by Crippen LogP contribution is -2.38. The maximum absolute atomic E-state index is 13.2. The quantitative estimate of drug-likeness (QED) is 0.879. The van der Waals surface area contributed by atoms with Gasteiger partial charge in [-0.3, -0.25) is 14.6 Å². The number of carboxylic acid groups (broad SMARTS) is 1. The fourth-order valence-electron chi connectivity index (χ4n) is 2.24. The van der Waals surface area contributed by atoms with Crippen LogP contribution in [0.2, 0.25) is 0 Å². The van der Waals surface area contributed by atoms with E-state index in [4.69, 9.17) is 9.84 Å². The Labute approximate surface area is 132 Å². The van der Waals surface area contributed by atoms with E-state index in [1.807, 2.05) is 0 Å². The summed E-state index contributed by atoms with van der Waals surface area (Å²) in [5.41, 5.74) is 1.16. The van der Waals surface area contributed by atoms with Gasteiger partial charge in [-0.1, -0.05) is 0 Å². The minimum atomic E-state index is -1.11. The number of carbonyl (C=O) groups is 2. The molecule has 1 aromatic heterocycles. The minimum Gasteiger partial charge on any atom is -0.480 e. The molecule has 0 saturated carbocycles. The van der Waals surface area contributed by atoms with Crippen LogP contribution in [0.3, 0.4) is 0 Å². The van der Waals surface area contributed by atoms with E-state index in [0.29, 0.717) is 22.2 Å². The molecule has 0 aliphatic carbocycles. The maximum Gasteiger partial charge on any atom is 0.323 e. The van der Waals surface area contributed by atoms with E-state index in [0.717, 1.165) is 0 Å². The van der Waals surface area contributed by atoms with E-state index < -0.39 is 24.2 Å². The van der Waals surface area contributed by atoms with Crippen molar-refractivity contribution in [3.8, 4) is 0 Å². The Kier molecular flexibility index (Phi) is 5.23. The molecule has 1 N–H and O–H groups in total. The van der Waals surface area contributed by atoms with Crippen LogP contribution in [-0.2, 0) is 9.53 Å². The first kappa shape index (κ1) is 16.8. The average molecular weight is 320 g/mol. The first-order chi connectivity index (χ1) is 10.9. The number of amides is 1. The fraction of sp³-hybridized carbons (Fsp3) is 0.312. The number of methoxy groups -OCH3 is 1. The van der Waals surface area contributed by atoms with Gasteiger partial charge < -0.3 is 14.7 Å². The van der Waals surface area contributed by atoms with Crippen LogP contribution in [0.15, 0.2) is 24.3 Å². The van der Waals surface area contributed by atoms with E-state index in [1.54, 1.807) is 13.0 Å². The summed E-state index contributed by atoms with van der Waals surface area (Å²) < 4.78 is 18.2. The lowest BCUT2D eigenvalue weighted by molar-refractivity contribution is -0.137. The SMILES string of the molecule is COCCN(CC(=O)O)C(=O)c1cc2ccc(F)cc2nc1C. The number of nitrogens with zero attached hydrogens (tertiary/aromatic N) is 2.